The van der Waals surface area contributed by atoms with Crippen LogP contribution in [0.25, 0.3) is 0 Å². The maximum absolute atomic E-state index is 13.0. The van der Waals surface area contributed by atoms with Gasteiger partial charge in [0.05, 0.1) is 24.4 Å². The van der Waals surface area contributed by atoms with Gasteiger partial charge in [0.1, 0.15) is 5.02 Å². The largest absolute Gasteiger partial charge is 0.416 e. The summed E-state index contributed by atoms with van der Waals surface area (Å²) in [5.41, 5.74) is 4.45. The second-order valence-electron chi connectivity index (χ2n) is 4.39. The molecule has 0 fully saturated rings. The number of hydrogen-bond donors (Lipinski definition) is 3. The van der Waals surface area contributed by atoms with Gasteiger partial charge in [-0.3, -0.25) is 0 Å². The fraction of sp³-hybridized carbons (Fsp3) is 0.231. The van der Waals surface area contributed by atoms with Crippen LogP contribution >= 0.6 is 11.6 Å². The molecule has 0 amide bonds. The van der Waals surface area contributed by atoms with E-state index in [4.69, 9.17) is 17.3 Å². The van der Waals surface area contributed by atoms with Crippen LogP contribution < -0.4 is 11.1 Å². The lowest BCUT2D eigenvalue weighted by Gasteiger charge is -2.22. The summed E-state index contributed by atoms with van der Waals surface area (Å²) in [5, 5.41) is 12.2. The third kappa shape index (κ3) is 3.58. The predicted molar refractivity (Wildman–Crippen MR) is 76.3 cm³/mol. The van der Waals surface area contributed by atoms with E-state index in [9.17, 15) is 18.3 Å². The van der Waals surface area contributed by atoms with Gasteiger partial charge < -0.3 is 16.2 Å². The Morgan fingerprint density at radius 2 is 2.00 bits per heavy atom. The van der Waals surface area contributed by atoms with Crippen molar-refractivity contribution in [1.29, 1.82) is 0 Å². The van der Waals surface area contributed by atoms with Gasteiger partial charge in [0.15, 0.2) is 5.82 Å². The van der Waals surface area contributed by atoms with Crippen LogP contribution in [0.4, 0.5) is 24.9 Å². The van der Waals surface area contributed by atoms with Gasteiger partial charge in [-0.15, -0.1) is 0 Å². The maximum Gasteiger partial charge on any atom is 0.416 e. The van der Waals surface area contributed by atoms with Crippen LogP contribution in [0.2, 0.25) is 5.02 Å². The summed E-state index contributed by atoms with van der Waals surface area (Å²) in [6, 6.07) is 3.89. The number of nitrogens with zero attached hydrogens (tertiary/aromatic N) is 2. The van der Waals surface area contributed by atoms with Crippen LogP contribution in [-0.2, 0) is 6.18 Å². The number of aromatic nitrogens is 2. The summed E-state index contributed by atoms with van der Waals surface area (Å²) in [4.78, 5) is 7.46. The number of nitrogens with two attached hydrogens (primary N) is 1. The number of hydrogen-bond acceptors (Lipinski definition) is 5. The van der Waals surface area contributed by atoms with Crippen molar-refractivity contribution in [3.63, 3.8) is 0 Å². The summed E-state index contributed by atoms with van der Waals surface area (Å²) in [5.74, 6) is -0.0436. The van der Waals surface area contributed by atoms with Crippen LogP contribution in [0.15, 0.2) is 30.5 Å². The molecule has 5 nitrogen and oxygen atoms in total. The molecular weight excluding hydrogens is 321 g/mol. The minimum absolute atomic E-state index is 0.0465. The first kappa shape index (κ1) is 16.3. The monoisotopic (exact) mass is 332 g/mol. The Labute approximate surface area is 129 Å². The van der Waals surface area contributed by atoms with Crippen molar-refractivity contribution >= 4 is 23.4 Å². The lowest BCUT2D eigenvalue weighted by atomic mass is 10.0. The molecule has 9 heteroatoms. The molecule has 0 bridgehead atoms. The van der Waals surface area contributed by atoms with Crippen molar-refractivity contribution in [2.24, 2.45) is 0 Å². The fourth-order valence-electron chi connectivity index (χ4n) is 1.93. The second kappa shape index (κ2) is 6.37. The molecule has 0 saturated heterocycles. The van der Waals surface area contributed by atoms with Crippen molar-refractivity contribution in [2.75, 3.05) is 17.7 Å². The van der Waals surface area contributed by atoms with Gasteiger partial charge in [-0.2, -0.15) is 18.2 Å². The third-order valence-corrected chi connectivity index (χ3v) is 3.17. The maximum atomic E-state index is 13.0. The Kier molecular flexibility index (Phi) is 4.72. The Hall–Kier alpha value is -2.06. The molecule has 118 valence electrons. The molecule has 1 heterocycles. The first-order valence-corrected chi connectivity index (χ1v) is 6.52. The zero-order valence-electron chi connectivity index (χ0n) is 11.1. The molecule has 1 atom stereocenters. The number of anilines is 2. The van der Waals surface area contributed by atoms with Crippen molar-refractivity contribution in [3.05, 3.63) is 46.6 Å². The molecule has 0 aliphatic heterocycles. The lowest BCUT2D eigenvalue weighted by molar-refractivity contribution is -0.138. The summed E-state index contributed by atoms with van der Waals surface area (Å²) in [6.07, 6.45) is -3.32. The Morgan fingerprint density at radius 3 is 2.64 bits per heavy atom. The van der Waals surface area contributed by atoms with Crippen molar-refractivity contribution in [2.45, 2.75) is 12.2 Å². The minimum atomic E-state index is -4.54. The molecule has 0 saturated carbocycles. The number of aliphatic hydroxyl groups is 1. The zero-order valence-corrected chi connectivity index (χ0v) is 11.9. The Morgan fingerprint density at radius 1 is 1.32 bits per heavy atom. The number of alkyl halides is 3. The molecule has 2 rings (SSSR count). The van der Waals surface area contributed by atoms with E-state index >= 15 is 0 Å². The molecule has 0 spiro atoms. The van der Waals surface area contributed by atoms with E-state index in [-0.39, 0.29) is 22.4 Å². The summed E-state index contributed by atoms with van der Waals surface area (Å²) >= 11 is 5.87. The smallest absolute Gasteiger partial charge is 0.394 e. The molecule has 1 unspecified atom stereocenters. The highest BCUT2D eigenvalue weighted by Crippen LogP contribution is 2.35. The molecule has 2 aromatic rings. The van der Waals surface area contributed by atoms with E-state index in [1.165, 1.54) is 24.4 Å². The highest BCUT2D eigenvalue weighted by atomic mass is 35.5. The van der Waals surface area contributed by atoms with E-state index in [1.807, 2.05) is 0 Å². The normalized spacial score (nSPS) is 13.0. The number of nitrogens with one attached hydrogen (secondary N) is 1. The quantitative estimate of drug-likeness (QED) is 0.801. The Bertz CT molecular complexity index is 666. The van der Waals surface area contributed by atoms with E-state index in [1.54, 1.807) is 0 Å². The van der Waals surface area contributed by atoms with E-state index in [0.717, 1.165) is 6.07 Å². The number of aliphatic hydroxyl groups excluding tert-OH is 1. The zero-order chi connectivity index (χ0) is 16.3. The summed E-state index contributed by atoms with van der Waals surface area (Å²) in [7, 11) is 0. The van der Waals surface area contributed by atoms with E-state index in [2.05, 4.69) is 15.3 Å². The number of nitrogen functional groups attached to an aromatic ring is 1. The number of rotatable bonds is 4. The van der Waals surface area contributed by atoms with Gasteiger partial charge in [0.2, 0.25) is 5.95 Å². The van der Waals surface area contributed by atoms with E-state index in [0.29, 0.717) is 0 Å². The van der Waals surface area contributed by atoms with E-state index < -0.39 is 24.4 Å². The van der Waals surface area contributed by atoms with Crippen molar-refractivity contribution < 1.29 is 18.3 Å². The average Bonchev–Trinajstić information content (AvgIpc) is 2.47. The standard InChI is InChI=1S/C13H12ClF3N4O/c14-9-5-19-12(18)21-11(9)20-10(6-22)7-3-1-2-4-8(7)13(15,16)17/h1-5,10,22H,6H2,(H3,18,19,20,21). The molecule has 1 aromatic carbocycles. The molecular formula is C13H12ClF3N4O. The van der Waals surface area contributed by atoms with Gasteiger partial charge in [0, 0.05) is 0 Å². The second-order valence-corrected chi connectivity index (χ2v) is 4.80. The van der Waals surface area contributed by atoms with Gasteiger partial charge in [0.25, 0.3) is 0 Å². The van der Waals surface area contributed by atoms with Crippen LogP contribution in [-0.4, -0.2) is 21.7 Å². The van der Waals surface area contributed by atoms with Gasteiger partial charge in [-0.25, -0.2) is 4.98 Å². The van der Waals surface area contributed by atoms with Crippen LogP contribution in [0.3, 0.4) is 0 Å². The number of halogens is 4. The SMILES string of the molecule is Nc1ncc(Cl)c(NC(CO)c2ccccc2C(F)(F)F)n1. The third-order valence-electron chi connectivity index (χ3n) is 2.90. The molecule has 1 aromatic heterocycles. The molecule has 4 N–H and O–H groups in total. The van der Waals surface area contributed by atoms with Gasteiger partial charge in [-0.05, 0) is 11.6 Å². The van der Waals surface area contributed by atoms with Crippen LogP contribution in [0.5, 0.6) is 0 Å². The topological polar surface area (TPSA) is 84.1 Å². The van der Waals surface area contributed by atoms with Gasteiger partial charge >= 0.3 is 6.18 Å². The minimum Gasteiger partial charge on any atom is -0.394 e. The molecule has 0 aliphatic rings. The summed E-state index contributed by atoms with van der Waals surface area (Å²) in [6.45, 7) is -0.590. The first-order valence-electron chi connectivity index (χ1n) is 6.14. The highest BCUT2D eigenvalue weighted by Gasteiger charge is 2.35. The first-order chi connectivity index (χ1) is 10.3. The molecule has 0 radical (unpaired) electrons. The number of benzene rings is 1. The van der Waals surface area contributed by atoms with Gasteiger partial charge in [-0.1, -0.05) is 29.8 Å². The lowest BCUT2D eigenvalue weighted by Crippen LogP contribution is -2.21. The van der Waals surface area contributed by atoms with Crippen molar-refractivity contribution in [3.8, 4) is 0 Å². The van der Waals surface area contributed by atoms with Crippen LogP contribution in [0, 0.1) is 0 Å². The predicted octanol–water partition coefficient (Wildman–Crippen LogP) is 2.88. The molecule has 0 aliphatic carbocycles. The fourth-order valence-corrected chi connectivity index (χ4v) is 2.07. The molecule has 22 heavy (non-hydrogen) atoms. The Balaban J connectivity index is 2.39. The van der Waals surface area contributed by atoms with Crippen molar-refractivity contribution in [1.82, 2.24) is 9.97 Å². The highest BCUT2D eigenvalue weighted by molar-refractivity contribution is 6.32. The van der Waals surface area contributed by atoms with Crippen LogP contribution in [0.1, 0.15) is 17.2 Å². The summed E-state index contributed by atoms with van der Waals surface area (Å²) < 4.78 is 39.1. The average molecular weight is 333 g/mol.